The minimum Gasteiger partial charge on any atom is -0.361 e. The molecule has 0 unspecified atom stereocenters. The highest BCUT2D eigenvalue weighted by molar-refractivity contribution is 6.00. The Morgan fingerprint density at radius 3 is 2.70 bits per heavy atom. The van der Waals surface area contributed by atoms with Gasteiger partial charge in [-0.15, -0.1) is 0 Å². The first kappa shape index (κ1) is 18.6. The van der Waals surface area contributed by atoms with Gasteiger partial charge in [-0.1, -0.05) is 36.4 Å². The molecule has 3 heterocycles. The van der Waals surface area contributed by atoms with Gasteiger partial charge in [0.25, 0.3) is 0 Å². The number of amides is 2. The minimum absolute atomic E-state index is 0.0311. The highest BCUT2D eigenvalue weighted by Gasteiger charge is 2.38. The molecule has 2 aliphatic rings. The number of carbonyl (C=O) groups excluding carboxylic acids is 2. The van der Waals surface area contributed by atoms with E-state index in [0.29, 0.717) is 13.1 Å². The summed E-state index contributed by atoms with van der Waals surface area (Å²) in [6, 6.07) is 14.4. The number of aromatic nitrogens is 1. The fourth-order valence-corrected chi connectivity index (χ4v) is 4.49. The van der Waals surface area contributed by atoms with Crippen molar-refractivity contribution < 1.29 is 14.0 Å². The highest BCUT2D eigenvalue weighted by atomic mass is 19.1. The molecule has 3 aromatic rings. The van der Waals surface area contributed by atoms with E-state index >= 15 is 0 Å². The van der Waals surface area contributed by atoms with Gasteiger partial charge in [-0.05, 0) is 30.2 Å². The molecule has 5 rings (SSSR count). The van der Waals surface area contributed by atoms with Crippen LogP contribution in [0.5, 0.6) is 0 Å². The number of para-hydroxylation sites is 2. The summed E-state index contributed by atoms with van der Waals surface area (Å²) in [6.07, 6.45) is 5.02. The molecule has 1 aromatic heterocycles. The summed E-state index contributed by atoms with van der Waals surface area (Å²) in [6.45, 7) is 1.38. The number of aromatic amines is 1. The minimum atomic E-state index is -0.441. The molecule has 0 saturated carbocycles. The lowest BCUT2D eigenvalue weighted by Crippen LogP contribution is -2.40. The SMILES string of the molecule is O=C([C@H]1CC(=O)N(c2ccccc2F)C1)N1CC=C(c2c[nH]c3ccccc23)CC1. The molecule has 1 atom stereocenters. The van der Waals surface area contributed by atoms with Gasteiger partial charge in [0.2, 0.25) is 11.8 Å². The van der Waals surface area contributed by atoms with E-state index in [1.165, 1.54) is 27.5 Å². The highest BCUT2D eigenvalue weighted by Crippen LogP contribution is 2.31. The van der Waals surface area contributed by atoms with Crippen molar-refractivity contribution in [3.05, 3.63) is 72.2 Å². The predicted octanol–water partition coefficient (Wildman–Crippen LogP) is 3.98. The zero-order valence-corrected chi connectivity index (χ0v) is 16.5. The van der Waals surface area contributed by atoms with Crippen molar-refractivity contribution >= 4 is 34.0 Å². The van der Waals surface area contributed by atoms with Crippen LogP contribution in [0.1, 0.15) is 18.4 Å². The summed E-state index contributed by atoms with van der Waals surface area (Å²) in [5.41, 5.74) is 3.76. The third-order valence-corrected chi connectivity index (χ3v) is 6.07. The molecule has 2 aliphatic heterocycles. The number of anilines is 1. The number of hydrogen-bond acceptors (Lipinski definition) is 2. The Balaban J connectivity index is 1.29. The fraction of sp³-hybridized carbons (Fsp3) is 0.250. The number of benzene rings is 2. The molecule has 1 fully saturated rings. The van der Waals surface area contributed by atoms with Crippen molar-refractivity contribution in [3.8, 4) is 0 Å². The average Bonchev–Trinajstić information content (AvgIpc) is 3.37. The molecular weight excluding hydrogens is 381 g/mol. The van der Waals surface area contributed by atoms with E-state index in [9.17, 15) is 14.0 Å². The molecule has 1 N–H and O–H groups in total. The van der Waals surface area contributed by atoms with Crippen LogP contribution >= 0.6 is 0 Å². The number of halogens is 1. The Morgan fingerprint density at radius 2 is 1.90 bits per heavy atom. The van der Waals surface area contributed by atoms with Crippen molar-refractivity contribution in [2.24, 2.45) is 5.92 Å². The maximum absolute atomic E-state index is 14.1. The molecular formula is C24H22FN3O2. The zero-order valence-electron chi connectivity index (χ0n) is 16.5. The molecule has 0 bridgehead atoms. The van der Waals surface area contributed by atoms with Crippen LogP contribution in [0.4, 0.5) is 10.1 Å². The first-order valence-electron chi connectivity index (χ1n) is 10.2. The van der Waals surface area contributed by atoms with Crippen LogP contribution in [0.25, 0.3) is 16.5 Å². The number of H-pyrrole nitrogens is 1. The molecule has 0 radical (unpaired) electrons. The van der Waals surface area contributed by atoms with Crippen LogP contribution in [0, 0.1) is 11.7 Å². The van der Waals surface area contributed by atoms with E-state index < -0.39 is 11.7 Å². The second-order valence-electron chi connectivity index (χ2n) is 7.87. The summed E-state index contributed by atoms with van der Waals surface area (Å²) < 4.78 is 14.1. The first-order chi connectivity index (χ1) is 14.6. The average molecular weight is 403 g/mol. The summed E-state index contributed by atoms with van der Waals surface area (Å²) in [7, 11) is 0. The van der Waals surface area contributed by atoms with Crippen molar-refractivity contribution in [2.75, 3.05) is 24.5 Å². The van der Waals surface area contributed by atoms with E-state index in [0.717, 1.165) is 11.9 Å². The van der Waals surface area contributed by atoms with Crippen LogP contribution < -0.4 is 4.90 Å². The van der Waals surface area contributed by atoms with Gasteiger partial charge < -0.3 is 14.8 Å². The largest absolute Gasteiger partial charge is 0.361 e. The Kier molecular flexibility index (Phi) is 4.62. The summed E-state index contributed by atoms with van der Waals surface area (Å²) in [5.74, 6) is -1.11. The Bertz CT molecular complexity index is 1170. The van der Waals surface area contributed by atoms with Gasteiger partial charge in [0.1, 0.15) is 5.82 Å². The van der Waals surface area contributed by atoms with E-state index in [1.54, 1.807) is 23.1 Å². The lowest BCUT2D eigenvalue weighted by molar-refractivity contribution is -0.135. The van der Waals surface area contributed by atoms with Gasteiger partial charge in [0.15, 0.2) is 0 Å². The quantitative estimate of drug-likeness (QED) is 0.719. The molecule has 2 aromatic carbocycles. The lowest BCUT2D eigenvalue weighted by atomic mass is 9.98. The van der Waals surface area contributed by atoms with Gasteiger partial charge in [0.05, 0.1) is 11.6 Å². The normalized spacial score (nSPS) is 19.4. The van der Waals surface area contributed by atoms with Gasteiger partial charge in [0, 0.05) is 48.7 Å². The van der Waals surface area contributed by atoms with Crippen LogP contribution in [-0.2, 0) is 9.59 Å². The van der Waals surface area contributed by atoms with E-state index in [2.05, 4.69) is 23.2 Å². The summed E-state index contributed by atoms with van der Waals surface area (Å²) in [5, 5.41) is 1.19. The maximum atomic E-state index is 14.1. The van der Waals surface area contributed by atoms with Gasteiger partial charge in [-0.25, -0.2) is 4.39 Å². The van der Waals surface area contributed by atoms with E-state index in [1.807, 2.05) is 18.3 Å². The molecule has 2 amide bonds. The lowest BCUT2D eigenvalue weighted by Gasteiger charge is -2.28. The van der Waals surface area contributed by atoms with Crippen LogP contribution in [-0.4, -0.2) is 41.3 Å². The molecule has 152 valence electrons. The predicted molar refractivity (Wildman–Crippen MR) is 114 cm³/mol. The molecule has 1 saturated heterocycles. The summed E-state index contributed by atoms with van der Waals surface area (Å²) >= 11 is 0. The van der Waals surface area contributed by atoms with Crippen LogP contribution in [0.15, 0.2) is 60.8 Å². The monoisotopic (exact) mass is 403 g/mol. The van der Waals surface area contributed by atoms with Crippen LogP contribution in [0.3, 0.4) is 0 Å². The third-order valence-electron chi connectivity index (χ3n) is 6.07. The number of fused-ring (bicyclic) bond motifs is 1. The third kappa shape index (κ3) is 3.18. The first-order valence-corrected chi connectivity index (χ1v) is 10.2. The van der Waals surface area contributed by atoms with E-state index in [4.69, 9.17) is 0 Å². The number of carbonyl (C=O) groups is 2. The standard InChI is InChI=1S/C24H22FN3O2/c25-20-6-2-4-8-22(20)28-15-17(13-23(28)29)24(30)27-11-9-16(10-12-27)19-14-26-21-7-3-1-5-18(19)21/h1-9,14,17,26H,10-13,15H2/t17-/m0/s1. The number of hydrogen-bond donors (Lipinski definition) is 1. The number of nitrogens with zero attached hydrogens (tertiary/aromatic N) is 2. The second kappa shape index (κ2) is 7.44. The topological polar surface area (TPSA) is 56.4 Å². The van der Waals surface area contributed by atoms with Crippen molar-refractivity contribution in [2.45, 2.75) is 12.8 Å². The molecule has 0 aliphatic carbocycles. The number of nitrogens with one attached hydrogen (secondary N) is 1. The summed E-state index contributed by atoms with van der Waals surface area (Å²) in [4.78, 5) is 32.0. The molecule has 0 spiro atoms. The van der Waals surface area contributed by atoms with Crippen molar-refractivity contribution in [1.82, 2.24) is 9.88 Å². The van der Waals surface area contributed by atoms with Crippen molar-refractivity contribution in [3.63, 3.8) is 0 Å². The molecule has 6 heteroatoms. The van der Waals surface area contributed by atoms with Gasteiger partial charge in [-0.3, -0.25) is 9.59 Å². The fourth-order valence-electron chi connectivity index (χ4n) is 4.49. The Labute approximate surface area is 173 Å². The van der Waals surface area contributed by atoms with Crippen molar-refractivity contribution in [1.29, 1.82) is 0 Å². The smallest absolute Gasteiger partial charge is 0.228 e. The Morgan fingerprint density at radius 1 is 1.10 bits per heavy atom. The van der Waals surface area contributed by atoms with E-state index in [-0.39, 0.29) is 30.5 Å². The maximum Gasteiger partial charge on any atom is 0.228 e. The van der Waals surface area contributed by atoms with Crippen LogP contribution in [0.2, 0.25) is 0 Å². The Hall–Kier alpha value is -3.41. The molecule has 30 heavy (non-hydrogen) atoms. The molecule has 5 nitrogen and oxygen atoms in total. The second-order valence-corrected chi connectivity index (χ2v) is 7.87. The van der Waals surface area contributed by atoms with Gasteiger partial charge >= 0.3 is 0 Å². The van der Waals surface area contributed by atoms with Gasteiger partial charge in [-0.2, -0.15) is 0 Å². The zero-order chi connectivity index (χ0) is 20.7. The number of rotatable bonds is 3.